The zero-order valence-corrected chi connectivity index (χ0v) is 10.2. The van der Waals surface area contributed by atoms with E-state index in [1.165, 1.54) is 0 Å². The SMILES string of the molecule is CC(COc1ccccc1)C1SC(=O)NC1=O. The van der Waals surface area contributed by atoms with E-state index in [0.29, 0.717) is 6.61 Å². The molecule has 2 rings (SSSR count). The molecule has 0 bridgehead atoms. The molecule has 2 unspecified atom stereocenters. The van der Waals surface area contributed by atoms with Crippen molar-refractivity contribution in [3.63, 3.8) is 0 Å². The van der Waals surface area contributed by atoms with Crippen LogP contribution in [0.1, 0.15) is 6.92 Å². The van der Waals surface area contributed by atoms with Gasteiger partial charge >= 0.3 is 0 Å². The Kier molecular flexibility index (Phi) is 3.68. The summed E-state index contributed by atoms with van der Waals surface area (Å²) >= 11 is 1.04. The summed E-state index contributed by atoms with van der Waals surface area (Å²) in [5, 5.41) is 1.66. The number of para-hydroxylation sites is 1. The summed E-state index contributed by atoms with van der Waals surface area (Å²) in [4.78, 5) is 22.5. The molecule has 0 aliphatic carbocycles. The number of hydrogen-bond donors (Lipinski definition) is 1. The number of carbonyl (C=O) groups is 2. The predicted molar refractivity (Wildman–Crippen MR) is 66.0 cm³/mol. The molecule has 1 aromatic carbocycles. The molecule has 1 fully saturated rings. The van der Waals surface area contributed by atoms with Gasteiger partial charge in [-0.3, -0.25) is 14.9 Å². The average Bonchev–Trinajstić information content (AvgIpc) is 2.67. The van der Waals surface area contributed by atoms with Gasteiger partial charge in [0.15, 0.2) is 0 Å². The summed E-state index contributed by atoms with van der Waals surface area (Å²) in [6.07, 6.45) is 0. The van der Waals surface area contributed by atoms with Crippen LogP contribution in [0.4, 0.5) is 4.79 Å². The quantitative estimate of drug-likeness (QED) is 0.889. The molecule has 90 valence electrons. The molecule has 4 nitrogen and oxygen atoms in total. The van der Waals surface area contributed by atoms with Crippen molar-refractivity contribution in [3.05, 3.63) is 30.3 Å². The van der Waals surface area contributed by atoms with Gasteiger partial charge in [0, 0.05) is 5.92 Å². The van der Waals surface area contributed by atoms with Crippen LogP contribution in [0.5, 0.6) is 5.75 Å². The molecule has 1 aliphatic rings. The number of benzene rings is 1. The van der Waals surface area contributed by atoms with Gasteiger partial charge in [-0.2, -0.15) is 0 Å². The van der Waals surface area contributed by atoms with Crippen LogP contribution in [0, 0.1) is 5.92 Å². The molecule has 2 atom stereocenters. The third-order valence-corrected chi connectivity index (χ3v) is 3.74. The van der Waals surface area contributed by atoms with E-state index in [1.807, 2.05) is 37.3 Å². The topological polar surface area (TPSA) is 55.4 Å². The highest BCUT2D eigenvalue weighted by Crippen LogP contribution is 2.26. The Morgan fingerprint density at radius 3 is 2.65 bits per heavy atom. The number of imide groups is 1. The van der Waals surface area contributed by atoms with Crippen molar-refractivity contribution in [1.82, 2.24) is 5.32 Å². The van der Waals surface area contributed by atoms with Crippen LogP contribution in [0.25, 0.3) is 0 Å². The van der Waals surface area contributed by atoms with Gasteiger partial charge in [-0.15, -0.1) is 0 Å². The predicted octanol–water partition coefficient (Wildman–Crippen LogP) is 2.05. The Balaban J connectivity index is 1.87. The Morgan fingerprint density at radius 1 is 1.35 bits per heavy atom. The van der Waals surface area contributed by atoms with Gasteiger partial charge < -0.3 is 4.74 Å². The van der Waals surface area contributed by atoms with Crippen molar-refractivity contribution in [2.24, 2.45) is 5.92 Å². The zero-order valence-electron chi connectivity index (χ0n) is 9.38. The van der Waals surface area contributed by atoms with Crippen molar-refractivity contribution < 1.29 is 14.3 Å². The average molecular weight is 251 g/mol. The van der Waals surface area contributed by atoms with Crippen LogP contribution in [-0.2, 0) is 4.79 Å². The van der Waals surface area contributed by atoms with E-state index in [1.54, 1.807) is 0 Å². The van der Waals surface area contributed by atoms with Gasteiger partial charge in [-0.05, 0) is 12.1 Å². The molecule has 1 aliphatic heterocycles. The maximum Gasteiger partial charge on any atom is 0.286 e. The molecule has 1 saturated heterocycles. The molecule has 0 aromatic heterocycles. The minimum absolute atomic E-state index is 0.00773. The number of amides is 2. The zero-order chi connectivity index (χ0) is 12.3. The smallest absolute Gasteiger partial charge is 0.286 e. The molecule has 5 heteroatoms. The summed E-state index contributed by atoms with van der Waals surface area (Å²) in [7, 11) is 0. The summed E-state index contributed by atoms with van der Waals surface area (Å²) in [6, 6.07) is 9.41. The van der Waals surface area contributed by atoms with Gasteiger partial charge in [0.2, 0.25) is 5.91 Å². The molecule has 2 amide bonds. The molecule has 1 aromatic rings. The fourth-order valence-electron chi connectivity index (χ4n) is 1.58. The van der Waals surface area contributed by atoms with Crippen molar-refractivity contribution in [1.29, 1.82) is 0 Å². The number of nitrogens with one attached hydrogen (secondary N) is 1. The van der Waals surface area contributed by atoms with Crippen LogP contribution in [0.2, 0.25) is 0 Å². The molecule has 1 heterocycles. The highest BCUT2D eigenvalue weighted by atomic mass is 32.2. The highest BCUT2D eigenvalue weighted by Gasteiger charge is 2.35. The van der Waals surface area contributed by atoms with E-state index < -0.39 is 0 Å². The second-order valence-corrected chi connectivity index (χ2v) is 5.03. The van der Waals surface area contributed by atoms with Gasteiger partial charge in [0.25, 0.3) is 5.24 Å². The van der Waals surface area contributed by atoms with Crippen LogP contribution < -0.4 is 10.1 Å². The summed E-state index contributed by atoms with van der Waals surface area (Å²) in [6.45, 7) is 2.32. The lowest BCUT2D eigenvalue weighted by Crippen LogP contribution is -2.31. The fourth-order valence-corrected chi connectivity index (χ4v) is 2.44. The Morgan fingerprint density at radius 2 is 2.06 bits per heavy atom. The number of carbonyl (C=O) groups excluding carboxylic acids is 2. The molecule has 0 spiro atoms. The van der Waals surface area contributed by atoms with Crippen molar-refractivity contribution >= 4 is 22.9 Å². The minimum Gasteiger partial charge on any atom is -0.493 e. The molecular formula is C12H13NO3S. The van der Waals surface area contributed by atoms with Gasteiger partial charge in [-0.1, -0.05) is 36.9 Å². The van der Waals surface area contributed by atoms with Crippen LogP contribution >= 0.6 is 11.8 Å². The highest BCUT2D eigenvalue weighted by molar-refractivity contribution is 8.15. The maximum absolute atomic E-state index is 11.4. The van der Waals surface area contributed by atoms with Gasteiger partial charge in [-0.25, -0.2) is 0 Å². The molecule has 0 saturated carbocycles. The molecule has 1 N–H and O–H groups in total. The van der Waals surface area contributed by atoms with E-state index in [0.717, 1.165) is 17.5 Å². The van der Waals surface area contributed by atoms with Crippen molar-refractivity contribution in [3.8, 4) is 5.75 Å². The monoisotopic (exact) mass is 251 g/mol. The first-order valence-electron chi connectivity index (χ1n) is 5.36. The summed E-state index contributed by atoms with van der Waals surface area (Å²) in [5.74, 6) is 0.546. The normalized spacial score (nSPS) is 21.1. The lowest BCUT2D eigenvalue weighted by Gasteiger charge is -2.15. The van der Waals surface area contributed by atoms with E-state index in [2.05, 4.69) is 5.32 Å². The third-order valence-electron chi connectivity index (χ3n) is 2.49. The van der Waals surface area contributed by atoms with E-state index in [-0.39, 0.29) is 22.3 Å². The van der Waals surface area contributed by atoms with Crippen molar-refractivity contribution in [2.75, 3.05) is 6.61 Å². The summed E-state index contributed by atoms with van der Waals surface area (Å²) < 4.78 is 5.56. The summed E-state index contributed by atoms with van der Waals surface area (Å²) in [5.41, 5.74) is 0. The van der Waals surface area contributed by atoms with E-state index in [4.69, 9.17) is 4.74 Å². The Labute approximate surface area is 104 Å². The number of hydrogen-bond acceptors (Lipinski definition) is 4. The Hall–Kier alpha value is -1.49. The standard InChI is InChI=1S/C12H13NO3S/c1-8(10-11(14)13-12(15)17-10)7-16-9-5-3-2-4-6-9/h2-6,8,10H,7H2,1H3,(H,13,14,15). The lowest BCUT2D eigenvalue weighted by molar-refractivity contribution is -0.119. The second kappa shape index (κ2) is 5.23. The molecular weight excluding hydrogens is 238 g/mol. The lowest BCUT2D eigenvalue weighted by atomic mass is 10.1. The Bertz CT molecular complexity index is 421. The largest absolute Gasteiger partial charge is 0.493 e. The van der Waals surface area contributed by atoms with E-state index >= 15 is 0 Å². The number of thioether (sulfide) groups is 1. The van der Waals surface area contributed by atoms with Gasteiger partial charge in [0.05, 0.1) is 11.9 Å². The molecule has 0 radical (unpaired) electrons. The van der Waals surface area contributed by atoms with Crippen LogP contribution in [0.15, 0.2) is 30.3 Å². The minimum atomic E-state index is -0.341. The number of rotatable bonds is 4. The first-order chi connectivity index (χ1) is 8.16. The van der Waals surface area contributed by atoms with Crippen molar-refractivity contribution in [2.45, 2.75) is 12.2 Å². The van der Waals surface area contributed by atoms with Crippen LogP contribution in [-0.4, -0.2) is 23.0 Å². The molecule has 17 heavy (non-hydrogen) atoms. The first kappa shape index (κ1) is 12.0. The third kappa shape index (κ3) is 3.00. The maximum atomic E-state index is 11.4. The fraction of sp³-hybridized carbons (Fsp3) is 0.333. The number of ether oxygens (including phenoxy) is 1. The van der Waals surface area contributed by atoms with Crippen LogP contribution in [0.3, 0.4) is 0 Å². The van der Waals surface area contributed by atoms with E-state index in [9.17, 15) is 9.59 Å². The first-order valence-corrected chi connectivity index (χ1v) is 6.24. The van der Waals surface area contributed by atoms with Gasteiger partial charge in [0.1, 0.15) is 5.75 Å². The second-order valence-electron chi connectivity index (χ2n) is 3.92.